The van der Waals surface area contributed by atoms with Gasteiger partial charge in [0.25, 0.3) is 0 Å². The van der Waals surface area contributed by atoms with Gasteiger partial charge in [-0.2, -0.15) is 0 Å². The van der Waals surface area contributed by atoms with Crippen LogP contribution in [-0.4, -0.2) is 31.3 Å². The fourth-order valence-electron chi connectivity index (χ4n) is 1.47. The third-order valence-electron chi connectivity index (χ3n) is 2.44. The standard InChI is InChI=1S/C15H22N2O4/c1-15(2,3)21-14(19)17-10-13(18)16-9-11-5-7-12(20-4)8-6-11/h5-8H,9-10H2,1-4H3,(H,16,18)(H,17,19). The van der Waals surface area contributed by atoms with Gasteiger partial charge in [-0.1, -0.05) is 12.1 Å². The van der Waals surface area contributed by atoms with E-state index in [1.54, 1.807) is 27.9 Å². The summed E-state index contributed by atoms with van der Waals surface area (Å²) >= 11 is 0. The zero-order chi connectivity index (χ0) is 15.9. The van der Waals surface area contributed by atoms with Crippen molar-refractivity contribution in [2.75, 3.05) is 13.7 Å². The van der Waals surface area contributed by atoms with Crippen molar-refractivity contribution in [1.82, 2.24) is 10.6 Å². The minimum Gasteiger partial charge on any atom is -0.497 e. The summed E-state index contributed by atoms with van der Waals surface area (Å²) in [4.78, 5) is 23.0. The molecule has 0 spiro atoms. The molecular formula is C15H22N2O4. The number of ether oxygens (including phenoxy) is 2. The van der Waals surface area contributed by atoms with Crippen LogP contribution in [0.25, 0.3) is 0 Å². The van der Waals surface area contributed by atoms with Gasteiger partial charge < -0.3 is 20.1 Å². The third-order valence-corrected chi connectivity index (χ3v) is 2.44. The molecule has 0 aliphatic carbocycles. The molecule has 0 saturated carbocycles. The number of amides is 2. The van der Waals surface area contributed by atoms with Crippen molar-refractivity contribution in [3.63, 3.8) is 0 Å². The van der Waals surface area contributed by atoms with Crippen molar-refractivity contribution in [2.24, 2.45) is 0 Å². The molecule has 0 bridgehead atoms. The van der Waals surface area contributed by atoms with E-state index in [2.05, 4.69) is 10.6 Å². The molecule has 2 amide bonds. The first-order chi connectivity index (χ1) is 9.80. The van der Waals surface area contributed by atoms with Gasteiger partial charge in [0.2, 0.25) is 5.91 Å². The largest absolute Gasteiger partial charge is 0.497 e. The molecule has 0 heterocycles. The zero-order valence-electron chi connectivity index (χ0n) is 12.9. The summed E-state index contributed by atoms with van der Waals surface area (Å²) in [5.41, 5.74) is 0.366. The van der Waals surface area contributed by atoms with Crippen molar-refractivity contribution in [2.45, 2.75) is 32.9 Å². The van der Waals surface area contributed by atoms with Gasteiger partial charge in [0.05, 0.1) is 7.11 Å². The van der Waals surface area contributed by atoms with Crippen LogP contribution < -0.4 is 15.4 Å². The fourth-order valence-corrected chi connectivity index (χ4v) is 1.47. The highest BCUT2D eigenvalue weighted by Gasteiger charge is 2.16. The van der Waals surface area contributed by atoms with Gasteiger partial charge in [0.1, 0.15) is 17.9 Å². The summed E-state index contributed by atoms with van der Waals surface area (Å²) in [6.07, 6.45) is -0.609. The molecule has 0 atom stereocenters. The normalized spacial score (nSPS) is 10.7. The Morgan fingerprint density at radius 2 is 1.71 bits per heavy atom. The van der Waals surface area contributed by atoms with Gasteiger partial charge in [-0.25, -0.2) is 4.79 Å². The molecule has 2 N–H and O–H groups in total. The van der Waals surface area contributed by atoms with Crippen LogP contribution in [0.3, 0.4) is 0 Å². The van der Waals surface area contributed by atoms with Crippen LogP contribution in [0.5, 0.6) is 5.75 Å². The first-order valence-corrected chi connectivity index (χ1v) is 6.66. The van der Waals surface area contributed by atoms with Gasteiger partial charge >= 0.3 is 6.09 Å². The Bertz CT molecular complexity index is 477. The Morgan fingerprint density at radius 1 is 1.10 bits per heavy atom. The lowest BCUT2D eigenvalue weighted by molar-refractivity contribution is -0.120. The van der Waals surface area contributed by atoms with E-state index in [1.807, 2.05) is 24.3 Å². The van der Waals surface area contributed by atoms with E-state index >= 15 is 0 Å². The van der Waals surface area contributed by atoms with E-state index in [9.17, 15) is 9.59 Å². The number of hydrogen-bond acceptors (Lipinski definition) is 4. The Morgan fingerprint density at radius 3 is 2.24 bits per heavy atom. The van der Waals surface area contributed by atoms with E-state index < -0.39 is 11.7 Å². The second kappa shape index (κ2) is 7.52. The quantitative estimate of drug-likeness (QED) is 0.868. The highest BCUT2D eigenvalue weighted by molar-refractivity contribution is 5.82. The van der Waals surface area contributed by atoms with E-state index in [-0.39, 0.29) is 12.5 Å². The molecule has 0 saturated heterocycles. The number of hydrogen-bond donors (Lipinski definition) is 2. The van der Waals surface area contributed by atoms with E-state index in [0.717, 1.165) is 11.3 Å². The molecule has 0 aliphatic heterocycles. The van der Waals surface area contributed by atoms with Crippen LogP contribution in [0.2, 0.25) is 0 Å². The molecular weight excluding hydrogens is 272 g/mol. The molecule has 116 valence electrons. The summed E-state index contributed by atoms with van der Waals surface area (Å²) in [5.74, 6) is 0.480. The summed E-state index contributed by atoms with van der Waals surface area (Å²) in [7, 11) is 1.60. The number of carbonyl (C=O) groups excluding carboxylic acids is 2. The SMILES string of the molecule is COc1ccc(CNC(=O)CNC(=O)OC(C)(C)C)cc1. The molecule has 0 aromatic heterocycles. The van der Waals surface area contributed by atoms with Crippen LogP contribution >= 0.6 is 0 Å². The molecule has 0 aliphatic rings. The topological polar surface area (TPSA) is 76.7 Å². The number of methoxy groups -OCH3 is 1. The Balaban J connectivity index is 2.29. The average molecular weight is 294 g/mol. The maximum atomic E-state index is 11.6. The lowest BCUT2D eigenvalue weighted by Crippen LogP contribution is -2.39. The summed E-state index contributed by atoms with van der Waals surface area (Å²) in [6, 6.07) is 7.36. The number of alkyl carbamates (subject to hydrolysis) is 1. The van der Waals surface area contributed by atoms with Crippen LogP contribution in [0.1, 0.15) is 26.3 Å². The predicted molar refractivity (Wildman–Crippen MR) is 79.1 cm³/mol. The second-order valence-corrected chi connectivity index (χ2v) is 5.48. The number of benzene rings is 1. The molecule has 6 heteroatoms. The van der Waals surface area contributed by atoms with Crippen molar-refractivity contribution < 1.29 is 19.1 Å². The average Bonchev–Trinajstić information content (AvgIpc) is 2.41. The lowest BCUT2D eigenvalue weighted by Gasteiger charge is -2.19. The van der Waals surface area contributed by atoms with Gasteiger partial charge in [-0.3, -0.25) is 4.79 Å². The Hall–Kier alpha value is -2.24. The monoisotopic (exact) mass is 294 g/mol. The van der Waals surface area contributed by atoms with Crippen LogP contribution in [-0.2, 0) is 16.1 Å². The summed E-state index contributed by atoms with van der Waals surface area (Å²) in [5, 5.41) is 5.10. The molecule has 1 aromatic rings. The molecule has 1 aromatic carbocycles. The second-order valence-electron chi connectivity index (χ2n) is 5.48. The van der Waals surface area contributed by atoms with Crippen molar-refractivity contribution >= 4 is 12.0 Å². The van der Waals surface area contributed by atoms with Gasteiger partial charge in [0.15, 0.2) is 0 Å². The van der Waals surface area contributed by atoms with Crippen molar-refractivity contribution in [3.05, 3.63) is 29.8 Å². The summed E-state index contributed by atoms with van der Waals surface area (Å²) < 4.78 is 10.1. The Kier molecular flexibility index (Phi) is 6.02. The van der Waals surface area contributed by atoms with Gasteiger partial charge in [-0.15, -0.1) is 0 Å². The maximum absolute atomic E-state index is 11.6. The zero-order valence-corrected chi connectivity index (χ0v) is 12.9. The molecule has 0 unspecified atom stereocenters. The molecule has 6 nitrogen and oxygen atoms in total. The Labute approximate surface area is 124 Å². The number of carbonyl (C=O) groups is 2. The molecule has 0 radical (unpaired) electrons. The predicted octanol–water partition coefficient (Wildman–Crippen LogP) is 1.84. The lowest BCUT2D eigenvalue weighted by atomic mass is 10.2. The molecule has 1 rings (SSSR count). The number of rotatable bonds is 5. The van der Waals surface area contributed by atoms with Crippen LogP contribution in [0.15, 0.2) is 24.3 Å². The third kappa shape index (κ3) is 7.20. The minimum atomic E-state index is -0.609. The fraction of sp³-hybridized carbons (Fsp3) is 0.467. The first-order valence-electron chi connectivity index (χ1n) is 6.66. The summed E-state index contributed by atoms with van der Waals surface area (Å²) in [6.45, 7) is 5.55. The first kappa shape index (κ1) is 16.8. The maximum Gasteiger partial charge on any atom is 0.408 e. The van der Waals surface area contributed by atoms with Crippen molar-refractivity contribution in [3.8, 4) is 5.75 Å². The smallest absolute Gasteiger partial charge is 0.408 e. The van der Waals surface area contributed by atoms with E-state index in [0.29, 0.717) is 6.54 Å². The van der Waals surface area contributed by atoms with Gasteiger partial charge in [-0.05, 0) is 38.5 Å². The van der Waals surface area contributed by atoms with E-state index in [1.165, 1.54) is 0 Å². The molecule has 21 heavy (non-hydrogen) atoms. The highest BCUT2D eigenvalue weighted by Crippen LogP contribution is 2.10. The van der Waals surface area contributed by atoms with Crippen molar-refractivity contribution in [1.29, 1.82) is 0 Å². The van der Waals surface area contributed by atoms with Crippen LogP contribution in [0.4, 0.5) is 4.79 Å². The van der Waals surface area contributed by atoms with Gasteiger partial charge in [0, 0.05) is 6.54 Å². The van der Waals surface area contributed by atoms with Crippen LogP contribution in [0, 0.1) is 0 Å². The highest BCUT2D eigenvalue weighted by atomic mass is 16.6. The minimum absolute atomic E-state index is 0.120. The van der Waals surface area contributed by atoms with E-state index in [4.69, 9.17) is 9.47 Å². The molecule has 0 fully saturated rings. The number of nitrogens with one attached hydrogen (secondary N) is 2.